The first-order valence-electron chi connectivity index (χ1n) is 14.7. The van der Waals surface area contributed by atoms with Gasteiger partial charge in [-0.15, -0.1) is 0 Å². The highest BCUT2D eigenvalue weighted by Crippen LogP contribution is 2.29. The van der Waals surface area contributed by atoms with E-state index < -0.39 is 18.8 Å². The normalized spacial score (nSPS) is 14.6. The highest BCUT2D eigenvalue weighted by molar-refractivity contribution is 5.96. The van der Waals surface area contributed by atoms with Crippen molar-refractivity contribution in [2.24, 2.45) is 4.99 Å². The molecule has 0 saturated heterocycles. The van der Waals surface area contributed by atoms with Crippen molar-refractivity contribution in [2.75, 3.05) is 45.7 Å². The van der Waals surface area contributed by atoms with Gasteiger partial charge >= 0.3 is 6.18 Å². The average molecular weight is 612 g/mol. The smallest absolute Gasteiger partial charge is 0.401 e. The van der Waals surface area contributed by atoms with E-state index in [0.29, 0.717) is 24.3 Å². The maximum Gasteiger partial charge on any atom is 0.401 e. The molecule has 2 aromatic carbocycles. The second-order valence-corrected chi connectivity index (χ2v) is 11.5. The lowest BCUT2D eigenvalue weighted by Gasteiger charge is -2.24. The summed E-state index contributed by atoms with van der Waals surface area (Å²) in [5.74, 6) is 1.25. The Balaban J connectivity index is 1.73. The number of alkyl halides is 3. The molecule has 0 unspecified atom stereocenters. The molecule has 2 aromatic rings. The molecule has 1 heterocycles. The van der Waals surface area contributed by atoms with E-state index in [1.807, 2.05) is 82.1 Å². The van der Waals surface area contributed by atoms with Gasteiger partial charge in [-0.05, 0) is 62.1 Å². The van der Waals surface area contributed by atoms with Crippen LogP contribution in [0.5, 0.6) is 5.75 Å². The van der Waals surface area contributed by atoms with Gasteiger partial charge in [0, 0.05) is 51.9 Å². The molecular weight excluding hydrogens is 567 g/mol. The molecule has 2 N–H and O–H groups in total. The number of hydrogen-bond donors (Lipinski definition) is 2. The molecule has 238 valence electrons. The van der Waals surface area contributed by atoms with Crippen LogP contribution >= 0.6 is 0 Å². The molecule has 1 aliphatic rings. The summed E-state index contributed by atoms with van der Waals surface area (Å²) in [5.41, 5.74) is 5.26. The van der Waals surface area contributed by atoms with E-state index in [1.54, 1.807) is 24.3 Å². The predicted octanol–water partition coefficient (Wildman–Crippen LogP) is 6.24. The number of amides is 1. The Kier molecular flexibility index (Phi) is 12.2. The van der Waals surface area contributed by atoms with Crippen molar-refractivity contribution in [1.82, 2.24) is 15.5 Å². The Morgan fingerprint density at radius 3 is 2.48 bits per heavy atom. The fourth-order valence-corrected chi connectivity index (χ4v) is 4.83. The van der Waals surface area contributed by atoms with Gasteiger partial charge in [0.1, 0.15) is 11.6 Å². The first-order valence-corrected chi connectivity index (χ1v) is 14.7. The number of halogens is 3. The zero-order valence-corrected chi connectivity index (χ0v) is 26.5. The Morgan fingerprint density at radius 1 is 1.18 bits per heavy atom. The van der Waals surface area contributed by atoms with Crippen molar-refractivity contribution < 1.29 is 22.7 Å². The number of ether oxygens (including phenoxy) is 1. The van der Waals surface area contributed by atoms with Gasteiger partial charge in [0.25, 0.3) is 5.91 Å². The van der Waals surface area contributed by atoms with E-state index in [0.717, 1.165) is 34.6 Å². The fraction of sp³-hybridized carbons (Fsp3) is 0.412. The lowest BCUT2D eigenvalue weighted by molar-refractivity contribution is -0.124. The number of hydrogen-bond acceptors (Lipinski definition) is 6. The molecule has 0 saturated carbocycles. The van der Waals surface area contributed by atoms with Crippen LogP contribution in [-0.2, 0) is 6.42 Å². The van der Waals surface area contributed by atoms with Crippen molar-refractivity contribution in [3.63, 3.8) is 0 Å². The number of nitrogens with one attached hydrogen (secondary N) is 2. The van der Waals surface area contributed by atoms with Crippen LogP contribution in [0.4, 0.5) is 18.9 Å². The van der Waals surface area contributed by atoms with Gasteiger partial charge in [-0.1, -0.05) is 48.6 Å². The Hall–Kier alpha value is -4.05. The van der Waals surface area contributed by atoms with Crippen molar-refractivity contribution in [3.8, 4) is 5.75 Å². The summed E-state index contributed by atoms with van der Waals surface area (Å²) < 4.78 is 44.5. The molecule has 1 amide bonds. The van der Waals surface area contributed by atoms with Gasteiger partial charge in [-0.2, -0.15) is 13.2 Å². The summed E-state index contributed by atoms with van der Waals surface area (Å²) in [4.78, 5) is 21.9. The summed E-state index contributed by atoms with van der Waals surface area (Å²) in [5, 5.41) is 5.38. The number of nitrogens with zero attached hydrogens (tertiary/aromatic N) is 3. The monoisotopic (exact) mass is 611 g/mol. The van der Waals surface area contributed by atoms with E-state index in [4.69, 9.17) is 9.73 Å². The van der Waals surface area contributed by atoms with Gasteiger partial charge in [0.05, 0.1) is 24.9 Å². The molecule has 44 heavy (non-hydrogen) atoms. The second-order valence-electron chi connectivity index (χ2n) is 11.5. The molecule has 1 aliphatic heterocycles. The predicted molar refractivity (Wildman–Crippen MR) is 173 cm³/mol. The van der Waals surface area contributed by atoms with E-state index in [9.17, 15) is 18.0 Å². The topological polar surface area (TPSA) is 69.2 Å². The number of allylic oxidation sites excluding steroid dienone is 2. The third-order valence-electron chi connectivity index (χ3n) is 6.95. The Bertz CT molecular complexity index is 1380. The van der Waals surface area contributed by atoms with Gasteiger partial charge < -0.3 is 25.2 Å². The zero-order valence-electron chi connectivity index (χ0n) is 26.5. The number of aliphatic imine (C=N–C) groups is 1. The fourth-order valence-electron chi connectivity index (χ4n) is 4.83. The zero-order chi connectivity index (χ0) is 32.4. The second kappa shape index (κ2) is 15.6. The van der Waals surface area contributed by atoms with Crippen LogP contribution in [0, 0.1) is 0 Å². The minimum Gasteiger partial charge on any atom is -0.489 e. The third kappa shape index (κ3) is 10.6. The standard InChI is InChI=1S/C34H44F3N5O2/c1-8-9-24(4)16-32-39-19-28(21-42(32)7)26-12-10-25(11-13-26)17-29(20-38-22-34(35,36)37)40-33(43)27-14-15-31(44-23(2)3)30(18-27)41(5)6/h8-15,18,21,23,29,38H,1,16-17,19-20,22H2,2-7H3,(H,40,43)/b24-9-/t29-/m0/s1. The Morgan fingerprint density at radius 2 is 1.89 bits per heavy atom. The van der Waals surface area contributed by atoms with Crippen LogP contribution in [0.15, 0.2) is 78.0 Å². The van der Waals surface area contributed by atoms with E-state index in [-0.39, 0.29) is 18.6 Å². The largest absolute Gasteiger partial charge is 0.489 e. The molecule has 0 aliphatic carbocycles. The van der Waals surface area contributed by atoms with Gasteiger partial charge in [0.2, 0.25) is 0 Å². The molecule has 3 rings (SSSR count). The molecule has 0 bridgehead atoms. The lowest BCUT2D eigenvalue weighted by atomic mass is 10.00. The van der Waals surface area contributed by atoms with Crippen molar-refractivity contribution in [3.05, 3.63) is 89.7 Å². The first-order chi connectivity index (χ1) is 20.8. The van der Waals surface area contributed by atoms with Crippen LogP contribution in [0.1, 0.15) is 48.7 Å². The summed E-state index contributed by atoms with van der Waals surface area (Å²) >= 11 is 0. The van der Waals surface area contributed by atoms with Crippen LogP contribution < -0.4 is 20.3 Å². The molecule has 1 atom stereocenters. The van der Waals surface area contributed by atoms with Crippen LogP contribution in [-0.4, -0.2) is 75.7 Å². The number of anilines is 1. The molecule has 0 spiro atoms. The number of amidine groups is 1. The van der Waals surface area contributed by atoms with E-state index >= 15 is 0 Å². The number of carbonyl (C=O) groups is 1. The third-order valence-corrected chi connectivity index (χ3v) is 6.95. The lowest BCUT2D eigenvalue weighted by Crippen LogP contribution is -2.45. The van der Waals surface area contributed by atoms with Gasteiger partial charge in [0.15, 0.2) is 0 Å². The molecule has 0 aromatic heterocycles. The molecule has 0 fully saturated rings. The van der Waals surface area contributed by atoms with E-state index in [1.165, 1.54) is 5.57 Å². The number of carbonyl (C=O) groups excluding carboxylic acids is 1. The highest BCUT2D eigenvalue weighted by Gasteiger charge is 2.27. The summed E-state index contributed by atoms with van der Waals surface area (Å²) in [6.45, 7) is 9.00. The molecular formula is C34H44F3N5O2. The summed E-state index contributed by atoms with van der Waals surface area (Å²) in [6.07, 6.45) is 2.51. The van der Waals surface area contributed by atoms with E-state index in [2.05, 4.69) is 23.4 Å². The van der Waals surface area contributed by atoms with Crippen molar-refractivity contribution >= 4 is 23.0 Å². The maximum atomic E-state index is 13.3. The molecule has 7 nitrogen and oxygen atoms in total. The maximum absolute atomic E-state index is 13.3. The van der Waals surface area contributed by atoms with Crippen molar-refractivity contribution in [1.29, 1.82) is 0 Å². The SMILES string of the molecule is C=C/C=C(/C)CC1=NCC(c2ccc(C[C@@H](CNCC(F)(F)F)NC(=O)c3ccc(OC(C)C)c(N(C)C)c3)cc2)=CN1C. The average Bonchev–Trinajstić information content (AvgIpc) is 2.93. The minimum absolute atomic E-state index is 0.0431. The highest BCUT2D eigenvalue weighted by atomic mass is 19.4. The van der Waals surface area contributed by atoms with Gasteiger partial charge in [-0.25, -0.2) is 0 Å². The Labute approximate surface area is 259 Å². The number of rotatable bonds is 14. The first kappa shape index (κ1) is 34.4. The molecule has 10 heteroatoms. The number of benzene rings is 2. The minimum atomic E-state index is -4.35. The summed E-state index contributed by atoms with van der Waals surface area (Å²) in [6, 6.07) is 12.4. The van der Waals surface area contributed by atoms with Crippen LogP contribution in [0.25, 0.3) is 5.57 Å². The molecule has 0 radical (unpaired) electrons. The summed E-state index contributed by atoms with van der Waals surface area (Å²) in [7, 11) is 5.68. The van der Waals surface area contributed by atoms with Crippen LogP contribution in [0.3, 0.4) is 0 Å². The van der Waals surface area contributed by atoms with Crippen molar-refractivity contribution in [2.45, 2.75) is 51.9 Å². The quantitative estimate of drug-likeness (QED) is 0.248. The van der Waals surface area contributed by atoms with Gasteiger partial charge in [-0.3, -0.25) is 9.79 Å². The van der Waals surface area contributed by atoms with Crippen LogP contribution in [0.2, 0.25) is 0 Å².